The summed E-state index contributed by atoms with van der Waals surface area (Å²) in [7, 11) is 0. The number of hydrogen-bond acceptors (Lipinski definition) is 6. The van der Waals surface area contributed by atoms with E-state index in [1.165, 1.54) is 42.3 Å². The Kier molecular flexibility index (Phi) is 12.5. The molecule has 1 radical (unpaired) electrons. The first-order valence-corrected chi connectivity index (χ1v) is 18.9. The molecule has 4 nitrogen and oxygen atoms in total. The van der Waals surface area contributed by atoms with Crippen molar-refractivity contribution in [3.63, 3.8) is 0 Å². The molecule has 0 spiro atoms. The van der Waals surface area contributed by atoms with Crippen LogP contribution in [0.1, 0.15) is 92.2 Å². The third-order valence-corrected chi connectivity index (χ3v) is 11.8. The standard InChI is InChI=1S/C29H25N2S2.C13H24O2.Ir/c1-16-10-19-7-8-20(13-21(19)11-17(16)2)24-27-25(31-15-30-24)28-26(33-27)22-12-18(14-29(3,4)5)6-9-23(22)32-28;1-5-10(6-2)12(14)9-13(15)11(7-3)8-4;/h6-12,15H,14H2,1-5H3;9-11,14H,5-8H2,1-4H3;/q-1;;/b;12-9-;/i7D;;. The molecular weight excluding hydrogens is 821 g/mol. The van der Waals surface area contributed by atoms with Gasteiger partial charge in [-0.2, -0.15) is 0 Å². The number of aromatic nitrogens is 2. The summed E-state index contributed by atoms with van der Waals surface area (Å²) in [4.78, 5) is 21.1. The largest absolute Gasteiger partial charge is 0.512 e. The number of fused-ring (bicyclic) bond motifs is 6. The van der Waals surface area contributed by atoms with Gasteiger partial charge in [0.1, 0.15) is 6.33 Å². The molecule has 0 fully saturated rings. The van der Waals surface area contributed by atoms with Crippen LogP contribution in [0, 0.1) is 37.2 Å². The quantitative estimate of drug-likeness (QED) is 0.0893. The van der Waals surface area contributed by atoms with Gasteiger partial charge in [0.15, 0.2) is 5.78 Å². The minimum atomic E-state index is 0. The molecule has 3 aromatic heterocycles. The first-order valence-electron chi connectivity index (χ1n) is 17.8. The second-order valence-corrected chi connectivity index (χ2v) is 16.2. The number of rotatable bonds is 9. The number of carbonyl (C=O) groups excluding carboxylic acids is 1. The van der Waals surface area contributed by atoms with E-state index in [2.05, 4.69) is 76.0 Å². The van der Waals surface area contributed by atoms with Crippen LogP contribution in [0.4, 0.5) is 0 Å². The first kappa shape index (κ1) is 37.3. The molecule has 1 N–H and O–H groups in total. The topological polar surface area (TPSA) is 63.1 Å². The van der Waals surface area contributed by atoms with Crippen molar-refractivity contribution in [3.8, 4) is 11.3 Å². The van der Waals surface area contributed by atoms with E-state index in [-0.39, 0.29) is 48.9 Å². The minimum Gasteiger partial charge on any atom is -0.512 e. The van der Waals surface area contributed by atoms with Crippen LogP contribution in [-0.4, -0.2) is 20.9 Å². The molecule has 0 atom stereocenters. The minimum absolute atomic E-state index is 0. The van der Waals surface area contributed by atoms with E-state index in [0.29, 0.717) is 6.04 Å². The molecule has 0 bridgehead atoms. The molecule has 0 aliphatic heterocycles. The Hall–Kier alpha value is -2.96. The van der Waals surface area contributed by atoms with Crippen LogP contribution in [0.2, 0.25) is 0 Å². The fourth-order valence-corrected chi connectivity index (χ4v) is 8.95. The fraction of sp³-hybridized carbons (Fsp3) is 0.405. The van der Waals surface area contributed by atoms with Gasteiger partial charge in [-0.3, -0.25) is 9.78 Å². The van der Waals surface area contributed by atoms with E-state index in [1.54, 1.807) is 17.7 Å². The Morgan fingerprint density at radius 2 is 1.59 bits per heavy atom. The molecule has 0 aliphatic carbocycles. The SMILES string of the molecule is CCC(CC)C(=O)/C=C(\O)C(CC)CC.[2H]c1cc(-c2ncnc3c2sc2c4cc(CC(C)(C)C)ccc4sc32)[c-]c2cc(C)c(C)cc12.[Ir]. The molecule has 0 aliphatic rings. The number of carbonyl (C=O) groups is 1. The van der Waals surface area contributed by atoms with E-state index >= 15 is 0 Å². The molecular formula is C42H49IrN2O2S2-. The smallest absolute Gasteiger partial charge is 0.162 e. The van der Waals surface area contributed by atoms with Crippen LogP contribution in [0.3, 0.4) is 0 Å². The number of ketones is 1. The van der Waals surface area contributed by atoms with E-state index in [1.807, 2.05) is 45.1 Å². The molecule has 7 heteroatoms. The molecule has 0 unspecified atom stereocenters. The molecule has 3 heterocycles. The number of aryl methyl sites for hydroxylation is 2. The van der Waals surface area contributed by atoms with Gasteiger partial charge in [-0.25, -0.2) is 4.98 Å². The summed E-state index contributed by atoms with van der Waals surface area (Å²) in [5, 5.41) is 13.0. The first-order chi connectivity index (χ1) is 23.3. The Morgan fingerprint density at radius 1 is 0.918 bits per heavy atom. The maximum absolute atomic E-state index is 11.7. The van der Waals surface area contributed by atoms with Gasteiger partial charge in [-0.1, -0.05) is 82.7 Å². The van der Waals surface area contributed by atoms with E-state index in [0.717, 1.165) is 64.4 Å². The molecule has 49 heavy (non-hydrogen) atoms. The normalized spacial score (nSPS) is 12.6. The Morgan fingerprint density at radius 3 is 2.24 bits per heavy atom. The maximum atomic E-state index is 11.7. The van der Waals surface area contributed by atoms with Crippen LogP contribution >= 0.6 is 22.7 Å². The third-order valence-electron chi connectivity index (χ3n) is 9.28. The second kappa shape index (κ2) is 16.4. The number of aliphatic hydroxyl groups excluding tert-OH is 1. The second-order valence-electron chi connectivity index (χ2n) is 14.1. The molecule has 6 aromatic rings. The monoisotopic (exact) mass is 871 g/mol. The number of benzene rings is 3. The van der Waals surface area contributed by atoms with Crippen molar-refractivity contribution >= 4 is 68.9 Å². The van der Waals surface area contributed by atoms with Crippen molar-refractivity contribution in [3.05, 3.63) is 83.4 Å². The van der Waals surface area contributed by atoms with Crippen LogP contribution in [-0.2, 0) is 31.3 Å². The molecule has 0 amide bonds. The predicted molar refractivity (Wildman–Crippen MR) is 209 cm³/mol. The van der Waals surface area contributed by atoms with Crippen molar-refractivity contribution < 1.29 is 31.4 Å². The predicted octanol–water partition coefficient (Wildman–Crippen LogP) is 12.8. The Balaban J connectivity index is 0.000000301. The van der Waals surface area contributed by atoms with Crippen molar-refractivity contribution in [2.75, 3.05) is 0 Å². The number of allylic oxidation sites excluding steroid dienone is 2. The summed E-state index contributed by atoms with van der Waals surface area (Å²) in [6.07, 6.45) is 7.61. The van der Waals surface area contributed by atoms with Gasteiger partial charge in [-0.05, 0) is 69.1 Å². The number of hydrogen-bond donors (Lipinski definition) is 1. The number of nitrogens with zero attached hydrogens (tertiary/aromatic N) is 2. The van der Waals surface area contributed by atoms with Crippen LogP contribution in [0.25, 0.3) is 51.7 Å². The molecule has 0 saturated carbocycles. The zero-order valence-electron chi connectivity index (χ0n) is 31.2. The van der Waals surface area contributed by atoms with E-state index < -0.39 is 0 Å². The van der Waals surface area contributed by atoms with Gasteiger partial charge in [0.05, 0.1) is 20.7 Å². The summed E-state index contributed by atoms with van der Waals surface area (Å²) in [6, 6.07) is 17.1. The Bertz CT molecular complexity index is 2170. The summed E-state index contributed by atoms with van der Waals surface area (Å²) in [6.45, 7) is 19.1. The molecule has 261 valence electrons. The van der Waals surface area contributed by atoms with Crippen LogP contribution < -0.4 is 0 Å². The van der Waals surface area contributed by atoms with Crippen molar-refractivity contribution in [1.29, 1.82) is 0 Å². The van der Waals surface area contributed by atoms with Gasteiger partial charge in [0, 0.05) is 59.9 Å². The van der Waals surface area contributed by atoms with Gasteiger partial charge in [0.25, 0.3) is 0 Å². The maximum Gasteiger partial charge on any atom is 0.162 e. The van der Waals surface area contributed by atoms with E-state index in [9.17, 15) is 9.90 Å². The van der Waals surface area contributed by atoms with Gasteiger partial charge < -0.3 is 5.11 Å². The van der Waals surface area contributed by atoms with Crippen LogP contribution in [0.5, 0.6) is 0 Å². The molecule has 3 aromatic carbocycles. The average molecular weight is 871 g/mol. The van der Waals surface area contributed by atoms with Crippen LogP contribution in [0.15, 0.2) is 60.6 Å². The van der Waals surface area contributed by atoms with E-state index in [4.69, 9.17) is 6.35 Å². The number of thiophene rings is 2. The fourth-order valence-electron chi connectivity index (χ4n) is 6.30. The Labute approximate surface area is 314 Å². The van der Waals surface area contributed by atoms with Gasteiger partial charge in [0.2, 0.25) is 0 Å². The average Bonchev–Trinajstić information content (AvgIpc) is 3.59. The van der Waals surface area contributed by atoms with Crippen molar-refractivity contribution in [2.24, 2.45) is 17.3 Å². The van der Waals surface area contributed by atoms with Crippen molar-refractivity contribution in [1.82, 2.24) is 9.97 Å². The van der Waals surface area contributed by atoms with Gasteiger partial charge in [-0.15, -0.1) is 52.3 Å². The summed E-state index contributed by atoms with van der Waals surface area (Å²) in [5.41, 5.74) is 6.76. The zero-order chi connectivity index (χ0) is 35.6. The molecule has 0 saturated heterocycles. The zero-order valence-corrected chi connectivity index (χ0v) is 34.2. The van der Waals surface area contributed by atoms with Crippen molar-refractivity contribution in [2.45, 2.75) is 94.4 Å². The summed E-state index contributed by atoms with van der Waals surface area (Å²) in [5.74, 6) is 0.547. The number of aliphatic hydroxyl groups is 1. The summed E-state index contributed by atoms with van der Waals surface area (Å²) < 4.78 is 13.5. The molecule has 6 rings (SSSR count). The third kappa shape index (κ3) is 8.68. The summed E-state index contributed by atoms with van der Waals surface area (Å²) >= 11 is 3.58. The van der Waals surface area contributed by atoms with Gasteiger partial charge >= 0.3 is 0 Å².